The fraction of sp³-hybridized carbons (Fsp3) is 0.469. The average Bonchev–Trinajstić information content (AvgIpc) is 3.05. The van der Waals surface area contributed by atoms with Crippen LogP contribution >= 0.6 is 0 Å². The molecule has 63 heavy (non-hydrogen) atoms. The molecule has 0 atom stereocenters. The van der Waals surface area contributed by atoms with Gasteiger partial charge in [0.05, 0.1) is 0 Å². The summed E-state index contributed by atoms with van der Waals surface area (Å²) in [6.45, 7) is 4.38. The van der Waals surface area contributed by atoms with Crippen molar-refractivity contribution in [3.05, 3.63) is 82.9 Å². The third kappa shape index (κ3) is 10.2. The Morgan fingerprint density at radius 1 is 0.460 bits per heavy atom. The van der Waals surface area contributed by atoms with E-state index in [0.29, 0.717) is 6.08 Å². The van der Waals surface area contributed by atoms with Crippen LogP contribution in [0.3, 0.4) is 0 Å². The van der Waals surface area contributed by atoms with Crippen molar-refractivity contribution in [2.24, 2.45) is 0 Å². The average molecular weight is 980 g/mol. The smallest absolute Gasteiger partial charge is 0.423 e. The molecule has 2 rings (SSSR count). The van der Waals surface area contributed by atoms with Gasteiger partial charge in [0.2, 0.25) is 0 Å². The second-order valence-corrected chi connectivity index (χ2v) is 12.8. The molecule has 4 nitrogen and oxygen atoms in total. The lowest BCUT2D eigenvalue weighted by atomic mass is 9.74. The number of hydrogen-bond acceptors (Lipinski definition) is 4. The van der Waals surface area contributed by atoms with Crippen LogP contribution in [0, 0.1) is 0 Å². The molecule has 31 heteroatoms. The maximum atomic E-state index is 13.2. The van der Waals surface area contributed by atoms with Crippen molar-refractivity contribution in [1.82, 2.24) is 0 Å². The zero-order valence-electron chi connectivity index (χ0n) is 29.9. The number of carbonyl (C=O) groups excluding carboxylic acids is 1. The first-order valence-corrected chi connectivity index (χ1v) is 15.2. The number of halogens is 27. The second kappa shape index (κ2) is 16.4. The van der Waals surface area contributed by atoms with Gasteiger partial charge in [-0.3, -0.25) is 0 Å². The predicted molar refractivity (Wildman–Crippen MR) is 155 cm³/mol. The fourth-order valence-electron chi connectivity index (χ4n) is 4.66. The van der Waals surface area contributed by atoms with E-state index in [1.165, 1.54) is 0 Å². The van der Waals surface area contributed by atoms with Gasteiger partial charge in [0.15, 0.2) is 10.8 Å². The molecule has 2 aromatic carbocycles. The van der Waals surface area contributed by atoms with Gasteiger partial charge in [0.1, 0.15) is 11.3 Å². The van der Waals surface area contributed by atoms with E-state index >= 15 is 0 Å². The number of hydrogen-bond donors (Lipinski definition) is 2. The summed E-state index contributed by atoms with van der Waals surface area (Å²) in [5, 5.41) is 18.6. The fourth-order valence-corrected chi connectivity index (χ4v) is 4.66. The Balaban J connectivity index is 0.000000646. The number of esters is 1. The summed E-state index contributed by atoms with van der Waals surface area (Å²) in [5.74, 6) is -4.99. The SMILES string of the molecule is C=C(C(=O)Oc1cc(C(O)(C(F)(F)F)C(F)(F)F)cc(C(O)(C(F)(F)F)C(F)(F)F)c1)C(F)(F)F.C=Cc1cc(C(C)(C(F)(F)F)C(F)(F)F)cc(C(C)(C(F)(F)F)C(F)(F)F)c1. The van der Waals surface area contributed by atoms with E-state index in [4.69, 9.17) is 0 Å². The number of alkyl halides is 27. The van der Waals surface area contributed by atoms with Gasteiger partial charge >= 0.3 is 61.6 Å². The predicted octanol–water partition coefficient (Wildman–Crippen LogP) is 12.4. The van der Waals surface area contributed by atoms with E-state index in [2.05, 4.69) is 17.9 Å². The number of aliphatic hydroxyl groups is 2. The van der Waals surface area contributed by atoms with Crippen LogP contribution < -0.4 is 4.74 Å². The highest BCUT2D eigenvalue weighted by Gasteiger charge is 2.75. The maximum absolute atomic E-state index is 13.2. The largest absolute Gasteiger partial charge is 0.430 e. The van der Waals surface area contributed by atoms with Crippen molar-refractivity contribution < 1.29 is 138 Å². The highest BCUT2D eigenvalue weighted by molar-refractivity contribution is 5.90. The van der Waals surface area contributed by atoms with Gasteiger partial charge in [-0.25, -0.2) is 4.79 Å². The first-order valence-electron chi connectivity index (χ1n) is 15.2. The summed E-state index contributed by atoms with van der Waals surface area (Å²) in [6, 6.07) is -2.79. The summed E-state index contributed by atoms with van der Waals surface area (Å²) in [4.78, 5) is 11.4. The van der Waals surface area contributed by atoms with Crippen LogP contribution in [0.1, 0.15) is 41.7 Å². The first kappa shape index (κ1) is 56.4. The van der Waals surface area contributed by atoms with Crippen molar-refractivity contribution in [2.45, 2.75) is 91.5 Å². The molecule has 360 valence electrons. The molecule has 0 saturated heterocycles. The Labute approximate surface area is 331 Å². The molecule has 0 aliphatic rings. The molecule has 2 aromatic rings. The molecule has 0 bridgehead atoms. The molecule has 0 aromatic heterocycles. The number of benzene rings is 2. The monoisotopic (exact) mass is 980 g/mol. The van der Waals surface area contributed by atoms with Crippen LogP contribution in [0.4, 0.5) is 119 Å². The summed E-state index contributed by atoms with van der Waals surface area (Å²) in [7, 11) is 0. The van der Waals surface area contributed by atoms with Crippen LogP contribution in [-0.2, 0) is 26.8 Å². The molecule has 0 aliphatic heterocycles. The summed E-state index contributed by atoms with van der Waals surface area (Å²) >= 11 is 0. The van der Waals surface area contributed by atoms with Crippen LogP contribution in [0.25, 0.3) is 6.08 Å². The van der Waals surface area contributed by atoms with Gasteiger partial charge < -0.3 is 14.9 Å². The third-order valence-corrected chi connectivity index (χ3v) is 8.80. The quantitative estimate of drug-likeness (QED) is 0.126. The van der Waals surface area contributed by atoms with Crippen molar-refractivity contribution >= 4 is 12.0 Å². The Bertz CT molecular complexity index is 1830. The lowest BCUT2D eigenvalue weighted by Crippen LogP contribution is -2.55. The number of rotatable bonds is 7. The van der Waals surface area contributed by atoms with E-state index in [1.54, 1.807) is 0 Å². The molecule has 0 amide bonds. The van der Waals surface area contributed by atoms with E-state index in [0.717, 1.165) is 0 Å². The van der Waals surface area contributed by atoms with Crippen LogP contribution in [0.2, 0.25) is 0 Å². The normalized spacial score (nSPS) is 14.8. The molecular formula is C32H19F27O4. The lowest BCUT2D eigenvalue weighted by Gasteiger charge is -2.38. The molecule has 0 radical (unpaired) electrons. The molecule has 0 saturated carbocycles. The van der Waals surface area contributed by atoms with Gasteiger partial charge in [0.25, 0.3) is 11.2 Å². The minimum atomic E-state index is -6.92. The molecule has 0 fully saturated rings. The molecule has 0 unspecified atom stereocenters. The van der Waals surface area contributed by atoms with E-state index in [9.17, 15) is 134 Å². The maximum Gasteiger partial charge on any atom is 0.430 e. The van der Waals surface area contributed by atoms with Crippen molar-refractivity contribution in [3.8, 4) is 5.75 Å². The summed E-state index contributed by atoms with van der Waals surface area (Å²) < 4.78 is 357. The van der Waals surface area contributed by atoms with Gasteiger partial charge in [-0.05, 0) is 48.7 Å². The third-order valence-electron chi connectivity index (χ3n) is 8.80. The zero-order chi connectivity index (χ0) is 50.8. The Hall–Kier alpha value is -4.58. The van der Waals surface area contributed by atoms with Crippen molar-refractivity contribution in [3.63, 3.8) is 0 Å². The summed E-state index contributed by atoms with van der Waals surface area (Å²) in [6.07, 6.45) is -57.0. The van der Waals surface area contributed by atoms with E-state index in [-0.39, 0.29) is 32.0 Å². The topological polar surface area (TPSA) is 66.8 Å². The zero-order valence-corrected chi connectivity index (χ0v) is 29.9. The minimum absolute atomic E-state index is 0.199. The number of ether oxygens (including phenoxy) is 1. The Morgan fingerprint density at radius 2 is 0.714 bits per heavy atom. The molecule has 0 spiro atoms. The van der Waals surface area contributed by atoms with Crippen LogP contribution in [-0.4, -0.2) is 71.8 Å². The Kier molecular flexibility index (Phi) is 14.7. The van der Waals surface area contributed by atoms with Crippen LogP contribution in [0.15, 0.2) is 55.1 Å². The van der Waals surface area contributed by atoms with Gasteiger partial charge in [-0.1, -0.05) is 37.4 Å². The van der Waals surface area contributed by atoms with Gasteiger partial charge in [-0.2, -0.15) is 119 Å². The van der Waals surface area contributed by atoms with Crippen LogP contribution in [0.5, 0.6) is 5.75 Å². The van der Waals surface area contributed by atoms with Gasteiger partial charge in [-0.15, -0.1) is 0 Å². The van der Waals surface area contributed by atoms with E-state index in [1.807, 2.05) is 0 Å². The highest BCUT2D eigenvalue weighted by atomic mass is 19.5. The molecule has 2 N–H and O–H groups in total. The summed E-state index contributed by atoms with van der Waals surface area (Å²) in [5.41, 5.74) is -34.7. The standard InChI is InChI=1S/C16H7F15O4.C16H12F12/c1-5(12(17,18)19)9(32)35-8-3-6(10(33,13(20,21)22)14(23,24)25)2-7(4-8)11(34,15(26,27)28)16(29,30)31;1-4-8-5-9(11(2,13(17,18)19)14(20,21)22)7-10(6-8)12(3,15(23,24)25)16(26,27)28/h2-4,33-34H,1H2;4-7H,1H2,2-3H3. The minimum Gasteiger partial charge on any atom is -0.423 e. The second-order valence-electron chi connectivity index (χ2n) is 12.8. The first-order chi connectivity index (χ1) is 27.3. The highest BCUT2D eigenvalue weighted by Crippen LogP contribution is 2.57. The Morgan fingerprint density at radius 3 is 0.921 bits per heavy atom. The molecule has 0 aliphatic carbocycles. The molecule has 0 heterocycles. The number of carbonyl (C=O) groups is 1. The molecular weight excluding hydrogens is 961 g/mol. The van der Waals surface area contributed by atoms with E-state index < -0.39 is 141 Å². The van der Waals surface area contributed by atoms with Gasteiger partial charge in [0, 0.05) is 11.1 Å². The lowest BCUT2D eigenvalue weighted by molar-refractivity contribution is -0.378. The van der Waals surface area contributed by atoms with Crippen molar-refractivity contribution in [1.29, 1.82) is 0 Å². The van der Waals surface area contributed by atoms with Crippen molar-refractivity contribution in [2.75, 3.05) is 0 Å².